The maximum atomic E-state index is 10.9. The van der Waals surface area contributed by atoms with Gasteiger partial charge in [0, 0.05) is 29.3 Å². The summed E-state index contributed by atoms with van der Waals surface area (Å²) in [7, 11) is 0. The minimum Gasteiger partial charge on any atom is -0.478 e. The molecule has 0 spiro atoms. The highest BCUT2D eigenvalue weighted by molar-refractivity contribution is 5.88. The molecule has 1 aliphatic rings. The minimum absolute atomic E-state index is 0.0715. The molecule has 0 atom stereocenters. The van der Waals surface area contributed by atoms with Crippen LogP contribution in [0.15, 0.2) is 30.4 Å². The van der Waals surface area contributed by atoms with Crippen LogP contribution in [0.4, 0.5) is 0 Å². The molecule has 4 nitrogen and oxygen atoms in total. The molecular formula is C15H19NO3. The van der Waals surface area contributed by atoms with Crippen LogP contribution in [-0.4, -0.2) is 16.1 Å². The number of aromatic nitrogens is 1. The zero-order valence-corrected chi connectivity index (χ0v) is 11.5. The molecule has 2 N–H and O–H groups in total. The molecular weight excluding hydrogens is 242 g/mol. The third-order valence-corrected chi connectivity index (χ3v) is 3.55. The Morgan fingerprint density at radius 3 is 2.68 bits per heavy atom. The summed E-state index contributed by atoms with van der Waals surface area (Å²) < 4.78 is 5.77. The lowest BCUT2D eigenvalue weighted by Gasteiger charge is -2.13. The quantitative estimate of drug-likeness (QED) is 0.870. The van der Waals surface area contributed by atoms with Crippen LogP contribution in [0.2, 0.25) is 0 Å². The Kier molecular flexibility index (Phi) is 3.27. The molecule has 1 saturated heterocycles. The number of hydrogen-bond donors (Lipinski definition) is 2. The standard InChI is InChI=1S/C15H19NO3/c1-5-11(12-6-10(8-16-12)14(17)18)13-7-15(3,4)9(2)19-13/h6,8,16H,2,5,7H2,1,3-4H3,(H,17,18). The van der Waals surface area contributed by atoms with Gasteiger partial charge in [-0.05, 0) is 12.5 Å². The first kappa shape index (κ1) is 13.5. The fraction of sp³-hybridized carbons (Fsp3) is 0.400. The first-order chi connectivity index (χ1) is 8.85. The van der Waals surface area contributed by atoms with Gasteiger partial charge in [0.15, 0.2) is 0 Å². The van der Waals surface area contributed by atoms with Crippen molar-refractivity contribution in [3.8, 4) is 0 Å². The normalized spacial score (nSPS) is 20.3. The number of aromatic carboxylic acids is 1. The van der Waals surface area contributed by atoms with Crippen molar-refractivity contribution in [1.82, 2.24) is 4.98 Å². The van der Waals surface area contributed by atoms with Crippen molar-refractivity contribution in [3.05, 3.63) is 41.6 Å². The highest BCUT2D eigenvalue weighted by Crippen LogP contribution is 2.45. The molecule has 0 aliphatic carbocycles. The molecule has 19 heavy (non-hydrogen) atoms. The molecule has 0 aromatic carbocycles. The fourth-order valence-corrected chi connectivity index (χ4v) is 2.22. The Bertz CT molecular complexity index is 564. The summed E-state index contributed by atoms with van der Waals surface area (Å²) in [6.45, 7) is 10.1. The van der Waals surface area contributed by atoms with Gasteiger partial charge in [-0.1, -0.05) is 27.4 Å². The van der Waals surface area contributed by atoms with Gasteiger partial charge in [0.2, 0.25) is 0 Å². The average Bonchev–Trinajstić information content (AvgIpc) is 2.87. The van der Waals surface area contributed by atoms with Crippen molar-refractivity contribution in [2.24, 2.45) is 5.41 Å². The van der Waals surface area contributed by atoms with Crippen LogP contribution in [0.3, 0.4) is 0 Å². The van der Waals surface area contributed by atoms with Crippen LogP contribution < -0.4 is 0 Å². The molecule has 2 heterocycles. The highest BCUT2D eigenvalue weighted by atomic mass is 16.5. The van der Waals surface area contributed by atoms with Gasteiger partial charge in [-0.3, -0.25) is 0 Å². The van der Waals surface area contributed by atoms with Crippen molar-refractivity contribution in [3.63, 3.8) is 0 Å². The predicted molar refractivity (Wildman–Crippen MR) is 73.6 cm³/mol. The van der Waals surface area contributed by atoms with Crippen LogP contribution in [0.5, 0.6) is 0 Å². The van der Waals surface area contributed by atoms with E-state index in [-0.39, 0.29) is 11.0 Å². The van der Waals surface area contributed by atoms with Gasteiger partial charge >= 0.3 is 5.97 Å². The largest absolute Gasteiger partial charge is 0.478 e. The average molecular weight is 261 g/mol. The first-order valence-electron chi connectivity index (χ1n) is 6.36. The van der Waals surface area contributed by atoms with Crippen molar-refractivity contribution in [2.75, 3.05) is 0 Å². The van der Waals surface area contributed by atoms with E-state index < -0.39 is 5.97 Å². The summed E-state index contributed by atoms with van der Waals surface area (Å²) in [6.07, 6.45) is 3.07. The van der Waals surface area contributed by atoms with Gasteiger partial charge in [0.25, 0.3) is 0 Å². The molecule has 0 unspecified atom stereocenters. The third-order valence-electron chi connectivity index (χ3n) is 3.55. The Balaban J connectivity index is 2.39. The molecule has 0 bridgehead atoms. The number of aromatic amines is 1. The third kappa shape index (κ3) is 2.43. The Labute approximate surface area is 112 Å². The van der Waals surface area contributed by atoms with Gasteiger partial charge in [-0.25, -0.2) is 4.79 Å². The zero-order valence-electron chi connectivity index (χ0n) is 11.5. The van der Waals surface area contributed by atoms with E-state index in [0.29, 0.717) is 0 Å². The predicted octanol–water partition coefficient (Wildman–Crippen LogP) is 3.79. The number of carbonyl (C=O) groups is 1. The first-order valence-corrected chi connectivity index (χ1v) is 6.36. The van der Waals surface area contributed by atoms with E-state index in [1.807, 2.05) is 6.92 Å². The lowest BCUT2D eigenvalue weighted by molar-refractivity contribution is 0.0697. The number of H-pyrrole nitrogens is 1. The van der Waals surface area contributed by atoms with Gasteiger partial charge in [0.05, 0.1) is 5.56 Å². The summed E-state index contributed by atoms with van der Waals surface area (Å²) in [5, 5.41) is 8.96. The molecule has 0 amide bonds. The molecule has 0 radical (unpaired) electrons. The summed E-state index contributed by atoms with van der Waals surface area (Å²) in [6, 6.07) is 1.64. The van der Waals surface area contributed by atoms with Crippen molar-refractivity contribution < 1.29 is 14.6 Å². The second-order valence-electron chi connectivity index (χ2n) is 5.45. The summed E-state index contributed by atoms with van der Waals surface area (Å²) >= 11 is 0. The van der Waals surface area contributed by atoms with Crippen LogP contribution in [0.1, 0.15) is 49.7 Å². The zero-order chi connectivity index (χ0) is 14.2. The lowest BCUT2D eigenvalue weighted by Crippen LogP contribution is -2.06. The van der Waals surface area contributed by atoms with Gasteiger partial charge < -0.3 is 14.8 Å². The van der Waals surface area contributed by atoms with E-state index in [1.165, 1.54) is 6.20 Å². The van der Waals surface area contributed by atoms with Crippen LogP contribution >= 0.6 is 0 Å². The second-order valence-corrected chi connectivity index (χ2v) is 5.45. The van der Waals surface area contributed by atoms with Gasteiger partial charge in [0.1, 0.15) is 11.5 Å². The monoisotopic (exact) mass is 261 g/mol. The van der Waals surface area contributed by atoms with E-state index in [0.717, 1.165) is 35.6 Å². The van der Waals surface area contributed by atoms with E-state index in [4.69, 9.17) is 9.84 Å². The van der Waals surface area contributed by atoms with Crippen LogP contribution in [-0.2, 0) is 4.74 Å². The molecule has 2 rings (SSSR count). The summed E-state index contributed by atoms with van der Waals surface area (Å²) in [4.78, 5) is 13.9. The number of allylic oxidation sites excluding steroid dienone is 3. The molecule has 1 aromatic rings. The number of carboxylic acids is 1. The molecule has 1 fully saturated rings. The molecule has 1 aliphatic heterocycles. The van der Waals surface area contributed by atoms with Crippen molar-refractivity contribution in [2.45, 2.75) is 33.6 Å². The van der Waals surface area contributed by atoms with Crippen molar-refractivity contribution in [1.29, 1.82) is 0 Å². The van der Waals surface area contributed by atoms with Crippen LogP contribution in [0.25, 0.3) is 5.57 Å². The Hall–Kier alpha value is -1.97. The van der Waals surface area contributed by atoms with E-state index in [1.54, 1.807) is 6.07 Å². The van der Waals surface area contributed by atoms with E-state index in [9.17, 15) is 4.79 Å². The highest BCUT2D eigenvalue weighted by Gasteiger charge is 2.35. The molecule has 4 heteroatoms. The molecule has 1 aromatic heterocycles. The van der Waals surface area contributed by atoms with Crippen LogP contribution in [0, 0.1) is 5.41 Å². The second kappa shape index (κ2) is 4.61. The lowest BCUT2D eigenvalue weighted by atomic mass is 9.88. The number of nitrogens with one attached hydrogen (secondary N) is 1. The SMILES string of the molecule is C=C1OC(=C(CC)c2cc(C(=O)O)c[nH]2)CC1(C)C. The number of hydrogen-bond acceptors (Lipinski definition) is 2. The minimum atomic E-state index is -0.931. The maximum Gasteiger partial charge on any atom is 0.337 e. The van der Waals surface area contributed by atoms with Gasteiger partial charge in [-0.2, -0.15) is 0 Å². The van der Waals surface area contributed by atoms with Gasteiger partial charge in [-0.15, -0.1) is 0 Å². The molecule has 102 valence electrons. The summed E-state index contributed by atoms with van der Waals surface area (Å²) in [5.74, 6) is 0.717. The molecule has 0 saturated carbocycles. The Morgan fingerprint density at radius 2 is 2.26 bits per heavy atom. The number of ether oxygens (including phenoxy) is 1. The maximum absolute atomic E-state index is 10.9. The Morgan fingerprint density at radius 1 is 1.58 bits per heavy atom. The summed E-state index contributed by atoms with van der Waals surface area (Å²) in [5.41, 5.74) is 2.01. The van der Waals surface area contributed by atoms with E-state index in [2.05, 4.69) is 25.4 Å². The van der Waals surface area contributed by atoms with Crippen molar-refractivity contribution >= 4 is 11.5 Å². The number of rotatable bonds is 3. The fourth-order valence-electron chi connectivity index (χ4n) is 2.22. The smallest absolute Gasteiger partial charge is 0.337 e. The topological polar surface area (TPSA) is 62.3 Å². The number of carboxylic acid groups (broad SMARTS) is 1. The van der Waals surface area contributed by atoms with E-state index >= 15 is 0 Å².